The van der Waals surface area contributed by atoms with Crippen LogP contribution in [0.4, 0.5) is 5.82 Å². The quantitative estimate of drug-likeness (QED) is 0.316. The van der Waals surface area contributed by atoms with Crippen LogP contribution in [0.3, 0.4) is 0 Å². The molecule has 1 aliphatic rings. The molecule has 4 atom stereocenters. The maximum atomic E-state index is 7.22. The number of nitrogen functional groups attached to an aromatic ring is 1. The summed E-state index contributed by atoms with van der Waals surface area (Å²) in [4.78, 5) is 13.2. The lowest BCUT2D eigenvalue weighted by atomic mass is 10.1. The predicted octanol–water partition coefficient (Wildman–Crippen LogP) is 7.11. The number of anilines is 1. The lowest BCUT2D eigenvalue weighted by Crippen LogP contribution is -2.54. The number of nitrogens with zero attached hydrogens (tertiary/aromatic N) is 4. The lowest BCUT2D eigenvalue weighted by Gasteiger charge is -2.44. The Labute approximate surface area is 245 Å². The first-order valence-corrected chi connectivity index (χ1v) is 23.2. The van der Waals surface area contributed by atoms with Crippen LogP contribution in [0.15, 0.2) is 12.7 Å². The number of rotatable bonds is 8. The maximum absolute atomic E-state index is 7.22. The zero-order valence-corrected chi connectivity index (χ0v) is 30.7. The van der Waals surface area contributed by atoms with Crippen LogP contribution in [0, 0.1) is 0 Å². The second-order valence-corrected chi connectivity index (χ2v) is 30.2. The minimum Gasteiger partial charge on any atom is -0.414 e. The SMILES string of the molecule is CC(C)(C)[Si](C)(C)OC[C@H]1O[C@@H](n2cnc3c(N)ncnc32)[C@H](O[Si](C)(C)C(C)(C)C)[C@@H]1O[Si](C)(C)C(C)(C)C. The number of fused-ring (bicyclic) bond motifs is 1. The molecule has 3 heterocycles. The number of ether oxygens (including phenoxy) is 1. The van der Waals surface area contributed by atoms with Gasteiger partial charge >= 0.3 is 0 Å². The van der Waals surface area contributed by atoms with Gasteiger partial charge in [-0.05, 0) is 54.4 Å². The van der Waals surface area contributed by atoms with Crippen molar-refractivity contribution in [2.24, 2.45) is 0 Å². The molecule has 1 saturated heterocycles. The molecule has 2 aromatic rings. The van der Waals surface area contributed by atoms with E-state index in [1.165, 1.54) is 6.33 Å². The van der Waals surface area contributed by atoms with Crippen molar-refractivity contribution in [2.75, 3.05) is 12.3 Å². The number of imidazole rings is 1. The fourth-order valence-corrected chi connectivity index (χ4v) is 7.55. The van der Waals surface area contributed by atoms with Crippen molar-refractivity contribution in [2.45, 2.75) is 141 Å². The van der Waals surface area contributed by atoms with Gasteiger partial charge < -0.3 is 23.7 Å². The van der Waals surface area contributed by atoms with Crippen molar-refractivity contribution in [3.63, 3.8) is 0 Å². The first-order valence-electron chi connectivity index (χ1n) is 14.5. The second-order valence-electron chi connectivity index (χ2n) is 15.9. The van der Waals surface area contributed by atoms with Crippen LogP contribution in [0.2, 0.25) is 54.4 Å². The normalized spacial score (nSPS) is 23.8. The van der Waals surface area contributed by atoms with E-state index < -0.39 is 31.2 Å². The summed E-state index contributed by atoms with van der Waals surface area (Å²) in [6, 6.07) is 0. The van der Waals surface area contributed by atoms with Gasteiger partial charge in [0.1, 0.15) is 30.2 Å². The topological polar surface area (TPSA) is 107 Å². The number of aromatic nitrogens is 4. The highest BCUT2D eigenvalue weighted by Gasteiger charge is 2.55. The van der Waals surface area contributed by atoms with E-state index in [4.69, 9.17) is 23.7 Å². The van der Waals surface area contributed by atoms with Gasteiger partial charge in [-0.25, -0.2) is 15.0 Å². The average molecular weight is 610 g/mol. The van der Waals surface area contributed by atoms with Gasteiger partial charge in [0, 0.05) is 0 Å². The van der Waals surface area contributed by atoms with Crippen molar-refractivity contribution < 1.29 is 18.0 Å². The van der Waals surface area contributed by atoms with Crippen LogP contribution in [0.1, 0.15) is 68.5 Å². The van der Waals surface area contributed by atoms with Gasteiger partial charge in [0.05, 0.1) is 12.9 Å². The molecule has 2 aromatic heterocycles. The molecular formula is C28H55N5O4Si3. The minimum absolute atomic E-state index is 0.00158. The molecule has 0 bridgehead atoms. The Balaban J connectivity index is 2.15. The number of nitrogens with two attached hydrogens (primary N) is 1. The summed E-state index contributed by atoms with van der Waals surface area (Å²) in [5.41, 5.74) is 7.34. The largest absolute Gasteiger partial charge is 0.414 e. The van der Waals surface area contributed by atoms with Crippen LogP contribution < -0.4 is 5.73 Å². The Morgan fingerprint density at radius 1 is 0.775 bits per heavy atom. The lowest BCUT2D eigenvalue weighted by molar-refractivity contribution is -0.0470. The third-order valence-corrected chi connectivity index (χ3v) is 23.3. The van der Waals surface area contributed by atoms with E-state index in [9.17, 15) is 0 Å². The molecule has 1 aliphatic heterocycles. The molecule has 0 spiro atoms. The van der Waals surface area contributed by atoms with E-state index in [0.29, 0.717) is 23.6 Å². The van der Waals surface area contributed by atoms with Gasteiger partial charge in [-0.1, -0.05) is 62.3 Å². The third-order valence-electron chi connectivity index (χ3n) is 9.84. The highest BCUT2D eigenvalue weighted by Crippen LogP contribution is 2.47. The summed E-state index contributed by atoms with van der Waals surface area (Å²) in [6.07, 6.45) is 1.69. The van der Waals surface area contributed by atoms with E-state index in [2.05, 4.69) is 117 Å². The molecule has 12 heteroatoms. The molecule has 0 aliphatic carbocycles. The van der Waals surface area contributed by atoms with Gasteiger partial charge in [-0.15, -0.1) is 0 Å². The Morgan fingerprint density at radius 2 is 1.27 bits per heavy atom. The zero-order chi connectivity index (χ0) is 30.7. The smallest absolute Gasteiger partial charge is 0.192 e. The molecule has 9 nitrogen and oxygen atoms in total. The Kier molecular flexibility index (Phi) is 9.03. The minimum atomic E-state index is -2.25. The summed E-state index contributed by atoms with van der Waals surface area (Å²) in [5.74, 6) is 0.343. The van der Waals surface area contributed by atoms with E-state index >= 15 is 0 Å². The Hall–Kier alpha value is -1.16. The second kappa shape index (κ2) is 10.8. The summed E-state index contributed by atoms with van der Waals surface area (Å²) < 4.78 is 30.1. The van der Waals surface area contributed by atoms with Gasteiger partial charge in [0.25, 0.3) is 0 Å². The molecule has 0 unspecified atom stereocenters. The predicted molar refractivity (Wildman–Crippen MR) is 171 cm³/mol. The Bertz CT molecular complexity index is 1180. The van der Waals surface area contributed by atoms with E-state index in [-0.39, 0.29) is 33.4 Å². The van der Waals surface area contributed by atoms with Crippen molar-refractivity contribution in [1.29, 1.82) is 0 Å². The van der Waals surface area contributed by atoms with Crippen LogP contribution >= 0.6 is 0 Å². The van der Waals surface area contributed by atoms with E-state index in [1.807, 2.05) is 4.57 Å². The summed E-state index contributed by atoms with van der Waals surface area (Å²) >= 11 is 0. The summed E-state index contributed by atoms with van der Waals surface area (Å²) in [7, 11) is -6.52. The number of hydrogen-bond acceptors (Lipinski definition) is 8. The van der Waals surface area contributed by atoms with E-state index in [0.717, 1.165) is 0 Å². The fraction of sp³-hybridized carbons (Fsp3) is 0.821. The molecule has 2 N–H and O–H groups in total. The van der Waals surface area contributed by atoms with Gasteiger partial charge in [-0.2, -0.15) is 0 Å². The molecule has 40 heavy (non-hydrogen) atoms. The van der Waals surface area contributed by atoms with Gasteiger partial charge in [0.15, 0.2) is 42.6 Å². The average Bonchev–Trinajstić information content (AvgIpc) is 3.32. The third kappa shape index (κ3) is 6.57. The molecule has 228 valence electrons. The standard InChI is InChI=1S/C28H55N5O4Si3/c1-26(2,3)38(10,11)34-16-19-21(36-39(12,13)27(4,5)6)22(37-40(14,15)28(7,8)9)25(35-19)33-18-32-20-23(29)30-17-31-24(20)33/h17-19,21-22,25H,16H2,1-15H3,(H2,29,30,31)/t19-,21-,22-,25-/m1/s1. The van der Waals surface area contributed by atoms with Crippen LogP contribution in [0.25, 0.3) is 11.2 Å². The molecule has 0 saturated carbocycles. The van der Waals surface area contributed by atoms with Crippen molar-refractivity contribution in [3.8, 4) is 0 Å². The van der Waals surface area contributed by atoms with Crippen LogP contribution in [-0.2, 0) is 18.0 Å². The Morgan fingerprint density at radius 3 is 1.77 bits per heavy atom. The molecule has 1 fully saturated rings. The molecule has 3 rings (SSSR count). The van der Waals surface area contributed by atoms with E-state index in [1.54, 1.807) is 6.33 Å². The van der Waals surface area contributed by atoms with Crippen molar-refractivity contribution in [3.05, 3.63) is 12.7 Å². The van der Waals surface area contributed by atoms with Crippen molar-refractivity contribution >= 4 is 41.9 Å². The molecule has 0 radical (unpaired) electrons. The van der Waals surface area contributed by atoms with Gasteiger partial charge in [0.2, 0.25) is 0 Å². The molecular weight excluding hydrogens is 555 g/mol. The fourth-order valence-electron chi connectivity index (χ4n) is 3.93. The highest BCUT2D eigenvalue weighted by atomic mass is 28.4. The highest BCUT2D eigenvalue weighted by molar-refractivity contribution is 6.75. The van der Waals surface area contributed by atoms with Crippen molar-refractivity contribution in [1.82, 2.24) is 19.5 Å². The number of hydrogen-bond donors (Lipinski definition) is 1. The van der Waals surface area contributed by atoms with Crippen LogP contribution in [0.5, 0.6) is 0 Å². The molecule has 0 aromatic carbocycles. The monoisotopic (exact) mass is 609 g/mol. The summed E-state index contributed by atoms with van der Waals surface area (Å²) in [6.45, 7) is 34.4. The first-order chi connectivity index (χ1) is 17.9. The first kappa shape index (κ1) is 33.3. The zero-order valence-electron chi connectivity index (χ0n) is 27.7. The van der Waals surface area contributed by atoms with Crippen LogP contribution in [-0.4, -0.2) is 69.4 Å². The summed E-state index contributed by atoms with van der Waals surface area (Å²) in [5, 5.41) is 0.0893. The maximum Gasteiger partial charge on any atom is 0.192 e. The van der Waals surface area contributed by atoms with Gasteiger partial charge in [-0.3, -0.25) is 4.57 Å². The molecule has 0 amide bonds.